The normalized spacial score (nSPS) is 19.6. The van der Waals surface area contributed by atoms with Crippen molar-refractivity contribution in [1.29, 1.82) is 0 Å². The van der Waals surface area contributed by atoms with Crippen LogP contribution in [0.25, 0.3) is 27.7 Å². The van der Waals surface area contributed by atoms with Crippen LogP contribution in [0.15, 0.2) is 47.4 Å². The number of likely N-dealkylation sites (tertiary alicyclic amines) is 1. The van der Waals surface area contributed by atoms with E-state index in [1.54, 1.807) is 35.1 Å². The van der Waals surface area contributed by atoms with E-state index in [0.717, 1.165) is 35.2 Å². The highest BCUT2D eigenvalue weighted by Gasteiger charge is 2.28. The van der Waals surface area contributed by atoms with E-state index in [1.807, 2.05) is 19.3 Å². The highest BCUT2D eigenvalue weighted by molar-refractivity contribution is 6.10. The van der Waals surface area contributed by atoms with Gasteiger partial charge in [-0.3, -0.25) is 14.7 Å². The molecule has 36 heavy (non-hydrogen) atoms. The summed E-state index contributed by atoms with van der Waals surface area (Å²) in [5.41, 5.74) is 10.4. The monoisotopic (exact) mass is 491 g/mol. The first-order chi connectivity index (χ1) is 17.4. The number of aliphatic imine (C=N–C) groups is 1. The fourth-order valence-corrected chi connectivity index (χ4v) is 4.83. The molecular weight excluding hydrogens is 461 g/mol. The highest BCUT2D eigenvalue weighted by atomic mass is 19.1. The Kier molecular flexibility index (Phi) is 6.69. The van der Waals surface area contributed by atoms with Crippen LogP contribution in [0.2, 0.25) is 0 Å². The Labute approximate surface area is 208 Å². The standard InChI is InChI=1S/C26H30FN7O2/c1-29-26(35)34-8-5-22(32-18-6-9-36-10-7-18)20(15-34)25(28)24-19-13-30-23(17-12-31-33(2)14-17)11-16(19)3-4-21(24)27/h3-4,11-14,18H,5-10,15,28H2,1-2H3,(H,29,35). The molecule has 10 heteroatoms. The molecule has 0 spiro atoms. The van der Waals surface area contributed by atoms with Gasteiger partial charge in [-0.25, -0.2) is 9.18 Å². The fraction of sp³-hybridized carbons (Fsp3) is 0.385. The van der Waals surface area contributed by atoms with Gasteiger partial charge in [0, 0.05) is 86.2 Å². The van der Waals surface area contributed by atoms with E-state index in [0.29, 0.717) is 37.1 Å². The number of ether oxygens (including phenoxy) is 1. The molecule has 2 aliphatic rings. The molecule has 3 N–H and O–H groups in total. The Balaban J connectivity index is 1.61. The van der Waals surface area contributed by atoms with Gasteiger partial charge in [0.25, 0.3) is 0 Å². The highest BCUT2D eigenvalue weighted by Crippen LogP contribution is 2.31. The van der Waals surface area contributed by atoms with Crippen LogP contribution in [-0.2, 0) is 11.8 Å². The molecule has 0 unspecified atom stereocenters. The number of urea groups is 1. The molecule has 1 aromatic carbocycles. The van der Waals surface area contributed by atoms with Crippen LogP contribution in [0.3, 0.4) is 0 Å². The molecular formula is C26H30FN7O2. The van der Waals surface area contributed by atoms with Crippen molar-refractivity contribution in [2.75, 3.05) is 33.4 Å². The Morgan fingerprint density at radius 1 is 1.28 bits per heavy atom. The zero-order valence-corrected chi connectivity index (χ0v) is 20.5. The maximum Gasteiger partial charge on any atom is 0.317 e. The summed E-state index contributed by atoms with van der Waals surface area (Å²) in [6.07, 6.45) is 7.49. The van der Waals surface area contributed by atoms with E-state index in [1.165, 1.54) is 6.07 Å². The molecule has 4 heterocycles. The van der Waals surface area contributed by atoms with Crippen LogP contribution in [0, 0.1) is 5.82 Å². The topological polar surface area (TPSA) is 111 Å². The van der Waals surface area contributed by atoms with E-state index < -0.39 is 5.82 Å². The number of piperidine rings is 1. The number of aromatic nitrogens is 3. The van der Waals surface area contributed by atoms with E-state index in [9.17, 15) is 4.79 Å². The van der Waals surface area contributed by atoms with Crippen molar-refractivity contribution in [2.24, 2.45) is 17.8 Å². The largest absolute Gasteiger partial charge is 0.398 e. The first-order valence-corrected chi connectivity index (χ1v) is 12.1. The predicted octanol–water partition coefficient (Wildman–Crippen LogP) is 3.11. The van der Waals surface area contributed by atoms with Gasteiger partial charge in [-0.1, -0.05) is 6.07 Å². The van der Waals surface area contributed by atoms with E-state index in [4.69, 9.17) is 15.5 Å². The number of benzene rings is 1. The number of carbonyl (C=O) groups is 1. The van der Waals surface area contributed by atoms with Crippen molar-refractivity contribution in [3.63, 3.8) is 0 Å². The Morgan fingerprint density at radius 2 is 2.08 bits per heavy atom. The lowest BCUT2D eigenvalue weighted by atomic mass is 9.93. The number of aryl methyl sites for hydroxylation is 1. The van der Waals surface area contributed by atoms with Crippen LogP contribution in [-0.4, -0.2) is 70.8 Å². The number of nitrogens with two attached hydrogens (primary N) is 1. The van der Waals surface area contributed by atoms with Gasteiger partial charge in [0.1, 0.15) is 5.82 Å². The smallest absolute Gasteiger partial charge is 0.317 e. The number of amides is 2. The van der Waals surface area contributed by atoms with Crippen LogP contribution < -0.4 is 11.1 Å². The van der Waals surface area contributed by atoms with Crippen molar-refractivity contribution >= 4 is 28.2 Å². The number of rotatable bonds is 3. The zero-order chi connectivity index (χ0) is 25.2. The second-order valence-electron chi connectivity index (χ2n) is 9.15. The summed E-state index contributed by atoms with van der Waals surface area (Å²) < 4.78 is 22.5. The minimum absolute atomic E-state index is 0.129. The summed E-state index contributed by atoms with van der Waals surface area (Å²) in [6.45, 7) is 2.11. The van der Waals surface area contributed by atoms with Crippen LogP contribution in [0.5, 0.6) is 0 Å². The number of fused-ring (bicyclic) bond motifs is 1. The van der Waals surface area contributed by atoms with E-state index in [-0.39, 0.29) is 29.9 Å². The van der Waals surface area contributed by atoms with Gasteiger partial charge in [0.15, 0.2) is 0 Å². The first kappa shape index (κ1) is 23.9. The van der Waals surface area contributed by atoms with Crippen molar-refractivity contribution < 1.29 is 13.9 Å². The maximum absolute atomic E-state index is 15.4. The SMILES string of the molecule is CNC(=O)N1CCC(=NC2CCOCC2)C(=C(N)c2c(F)ccc3cc(-c4cnn(C)c4)ncc23)C1. The maximum atomic E-state index is 15.4. The molecule has 0 aliphatic carbocycles. The molecule has 2 aliphatic heterocycles. The zero-order valence-electron chi connectivity index (χ0n) is 20.5. The summed E-state index contributed by atoms with van der Waals surface area (Å²) in [6, 6.07) is 4.98. The van der Waals surface area contributed by atoms with Gasteiger partial charge in [0.05, 0.1) is 24.5 Å². The summed E-state index contributed by atoms with van der Waals surface area (Å²) >= 11 is 0. The van der Waals surface area contributed by atoms with Gasteiger partial charge in [-0.05, 0) is 30.4 Å². The lowest BCUT2D eigenvalue weighted by Crippen LogP contribution is -2.45. The molecule has 9 nitrogen and oxygen atoms in total. The second kappa shape index (κ2) is 10.1. The Hall–Kier alpha value is -3.79. The molecule has 2 saturated heterocycles. The number of nitrogens with zero attached hydrogens (tertiary/aromatic N) is 5. The van der Waals surface area contributed by atoms with Crippen molar-refractivity contribution in [3.8, 4) is 11.3 Å². The molecule has 2 aromatic heterocycles. The molecule has 2 fully saturated rings. The number of hydrogen-bond donors (Lipinski definition) is 2. The number of hydrogen-bond acceptors (Lipinski definition) is 6. The number of pyridine rings is 1. The lowest BCUT2D eigenvalue weighted by Gasteiger charge is -2.32. The van der Waals surface area contributed by atoms with Crippen LogP contribution in [0.4, 0.5) is 9.18 Å². The quantitative estimate of drug-likeness (QED) is 0.585. The second-order valence-corrected chi connectivity index (χ2v) is 9.15. The summed E-state index contributed by atoms with van der Waals surface area (Å²) in [5, 5.41) is 8.30. The van der Waals surface area contributed by atoms with Gasteiger partial charge in [-0.2, -0.15) is 5.10 Å². The molecule has 0 atom stereocenters. The molecule has 0 saturated carbocycles. The third kappa shape index (κ3) is 4.68. The van der Waals surface area contributed by atoms with Crippen LogP contribution >= 0.6 is 0 Å². The minimum Gasteiger partial charge on any atom is -0.398 e. The molecule has 188 valence electrons. The first-order valence-electron chi connectivity index (χ1n) is 12.1. The Bertz CT molecular complexity index is 1360. The lowest BCUT2D eigenvalue weighted by molar-refractivity contribution is 0.0870. The predicted molar refractivity (Wildman–Crippen MR) is 137 cm³/mol. The van der Waals surface area contributed by atoms with Crippen molar-refractivity contribution in [2.45, 2.75) is 25.3 Å². The number of nitrogens with one attached hydrogen (secondary N) is 1. The third-order valence-electron chi connectivity index (χ3n) is 6.79. The minimum atomic E-state index is -0.439. The fourth-order valence-electron chi connectivity index (χ4n) is 4.83. The summed E-state index contributed by atoms with van der Waals surface area (Å²) in [4.78, 5) is 23.7. The summed E-state index contributed by atoms with van der Waals surface area (Å²) in [7, 11) is 3.44. The van der Waals surface area contributed by atoms with Gasteiger partial charge < -0.3 is 20.7 Å². The van der Waals surface area contributed by atoms with Gasteiger partial charge >= 0.3 is 6.03 Å². The van der Waals surface area contributed by atoms with Gasteiger partial charge in [-0.15, -0.1) is 0 Å². The van der Waals surface area contributed by atoms with Crippen molar-refractivity contribution in [1.82, 2.24) is 25.0 Å². The number of carbonyl (C=O) groups excluding carboxylic acids is 1. The Morgan fingerprint density at radius 3 is 2.81 bits per heavy atom. The van der Waals surface area contributed by atoms with E-state index in [2.05, 4.69) is 15.4 Å². The van der Waals surface area contributed by atoms with Crippen LogP contribution in [0.1, 0.15) is 24.8 Å². The molecule has 0 bridgehead atoms. The molecule has 3 aromatic rings. The molecule has 5 rings (SSSR count). The molecule has 0 radical (unpaired) electrons. The summed E-state index contributed by atoms with van der Waals surface area (Å²) in [5.74, 6) is -0.439. The van der Waals surface area contributed by atoms with Crippen molar-refractivity contribution in [3.05, 3.63) is 53.7 Å². The third-order valence-corrected chi connectivity index (χ3v) is 6.79. The number of halogens is 1. The van der Waals surface area contributed by atoms with Gasteiger partial charge in [0.2, 0.25) is 0 Å². The average Bonchev–Trinajstić information content (AvgIpc) is 3.34. The molecule has 2 amide bonds. The average molecular weight is 492 g/mol. The van der Waals surface area contributed by atoms with E-state index >= 15 is 4.39 Å².